The minimum atomic E-state index is -3.77. The summed E-state index contributed by atoms with van der Waals surface area (Å²) in [5.74, 6) is -1.10. The van der Waals surface area contributed by atoms with E-state index in [1.165, 1.54) is 13.0 Å². The van der Waals surface area contributed by atoms with Gasteiger partial charge in [-0.25, -0.2) is 4.79 Å². The Balaban J connectivity index is 5.60. The van der Waals surface area contributed by atoms with Crippen molar-refractivity contribution in [1.82, 2.24) is 5.32 Å². The minimum Gasteiger partial charge on any atom is -0.466 e. The van der Waals surface area contributed by atoms with Gasteiger partial charge in [0.15, 0.2) is 5.54 Å². The molecule has 0 fully saturated rings. The van der Waals surface area contributed by atoms with Gasteiger partial charge in [0.1, 0.15) is 0 Å². The van der Waals surface area contributed by atoms with E-state index in [0.29, 0.717) is 32.3 Å². The van der Waals surface area contributed by atoms with E-state index in [0.717, 1.165) is 0 Å². The number of ether oxygens (including phenoxy) is 2. The predicted molar refractivity (Wildman–Crippen MR) is 113 cm³/mol. The Bertz CT molecular complexity index is 606. The van der Waals surface area contributed by atoms with E-state index in [1.54, 1.807) is 40.7 Å². The Hall–Kier alpha value is -1.70. The molecule has 1 N–H and O–H groups in total. The Morgan fingerprint density at radius 3 is 2.13 bits per heavy atom. The number of rotatable bonds is 16. The second-order valence-corrected chi connectivity index (χ2v) is 9.23. The van der Waals surface area contributed by atoms with Crippen molar-refractivity contribution >= 4 is 25.9 Å². The van der Waals surface area contributed by atoms with Crippen LogP contribution in [-0.2, 0) is 37.5 Å². The van der Waals surface area contributed by atoms with Crippen molar-refractivity contribution < 1.29 is 37.5 Å². The van der Waals surface area contributed by atoms with E-state index in [-0.39, 0.29) is 12.6 Å². The fraction of sp³-hybridized carbons (Fsp3) is 0.750. The van der Waals surface area contributed by atoms with Crippen molar-refractivity contribution in [1.29, 1.82) is 0 Å². The molecule has 30 heavy (non-hydrogen) atoms. The number of amides is 1. The summed E-state index contributed by atoms with van der Waals surface area (Å²) in [6.07, 6.45) is 4.14. The van der Waals surface area contributed by atoms with Gasteiger partial charge in [-0.3, -0.25) is 14.2 Å². The lowest BCUT2D eigenvalue weighted by Crippen LogP contribution is -2.54. The average molecular weight is 449 g/mol. The van der Waals surface area contributed by atoms with Crippen LogP contribution in [0.2, 0.25) is 0 Å². The van der Waals surface area contributed by atoms with Gasteiger partial charge in [-0.2, -0.15) is 0 Å². The summed E-state index contributed by atoms with van der Waals surface area (Å²) in [4.78, 5) is 34.9. The summed E-state index contributed by atoms with van der Waals surface area (Å²) in [7, 11) is -3.77. The quantitative estimate of drug-likeness (QED) is 0.125. The van der Waals surface area contributed by atoms with E-state index in [4.69, 9.17) is 18.5 Å². The summed E-state index contributed by atoms with van der Waals surface area (Å²) < 4.78 is 34.5. The van der Waals surface area contributed by atoms with Gasteiger partial charge in [-0.05, 0) is 53.9 Å². The van der Waals surface area contributed by atoms with Crippen molar-refractivity contribution in [2.45, 2.75) is 78.6 Å². The third kappa shape index (κ3) is 11.5. The fourth-order valence-electron chi connectivity index (χ4n) is 2.61. The Labute approximate surface area is 179 Å². The molecule has 0 aliphatic heterocycles. The van der Waals surface area contributed by atoms with E-state index in [1.807, 2.05) is 0 Å². The molecule has 0 rings (SSSR count). The number of allylic oxidation sites excluding steroid dienone is 1. The third-order valence-corrected chi connectivity index (χ3v) is 5.99. The molecule has 10 heteroatoms. The van der Waals surface area contributed by atoms with E-state index in [9.17, 15) is 18.9 Å². The molecule has 0 spiro atoms. The van der Waals surface area contributed by atoms with Crippen LogP contribution in [0.15, 0.2) is 12.2 Å². The lowest BCUT2D eigenvalue weighted by Gasteiger charge is -2.32. The van der Waals surface area contributed by atoms with Gasteiger partial charge in [0.25, 0.3) is 0 Å². The van der Waals surface area contributed by atoms with Gasteiger partial charge in [-0.1, -0.05) is 12.2 Å². The van der Waals surface area contributed by atoms with Gasteiger partial charge in [-0.15, -0.1) is 0 Å². The van der Waals surface area contributed by atoms with Crippen LogP contribution in [0.25, 0.3) is 0 Å². The lowest BCUT2D eigenvalue weighted by atomic mass is 10.0. The normalized spacial score (nSPS) is 14.0. The van der Waals surface area contributed by atoms with Crippen LogP contribution >= 0.6 is 7.60 Å². The van der Waals surface area contributed by atoms with Crippen molar-refractivity contribution in [2.24, 2.45) is 0 Å². The van der Waals surface area contributed by atoms with Crippen LogP contribution in [0.5, 0.6) is 0 Å². The maximum Gasteiger partial charge on any atom is 0.336 e. The van der Waals surface area contributed by atoms with Gasteiger partial charge in [0.2, 0.25) is 6.41 Å². The number of hydrogen-bond donors (Lipinski definition) is 1. The smallest absolute Gasteiger partial charge is 0.336 e. The minimum absolute atomic E-state index is 0.0811. The SMILES string of the molecule is CCOC(=O)C(C=CCCCCOC(C)=O)(CP(=O)(OC(C)C)OC(C)C)NC=O. The molecule has 0 heterocycles. The predicted octanol–water partition coefficient (Wildman–Crippen LogP) is 3.37. The molecular formula is C20H36NO8P. The van der Waals surface area contributed by atoms with Gasteiger partial charge >= 0.3 is 19.5 Å². The van der Waals surface area contributed by atoms with Crippen LogP contribution < -0.4 is 5.32 Å². The Kier molecular flexibility index (Phi) is 13.5. The van der Waals surface area contributed by atoms with Crippen molar-refractivity contribution in [3.05, 3.63) is 12.2 Å². The Morgan fingerprint density at radius 1 is 1.07 bits per heavy atom. The number of hydrogen-bond acceptors (Lipinski definition) is 8. The van der Waals surface area contributed by atoms with Crippen molar-refractivity contribution in [3.63, 3.8) is 0 Å². The number of unbranched alkanes of at least 4 members (excludes halogenated alkanes) is 2. The second kappa shape index (κ2) is 14.3. The molecule has 0 aromatic heterocycles. The van der Waals surface area contributed by atoms with Gasteiger partial charge < -0.3 is 23.8 Å². The highest BCUT2D eigenvalue weighted by Gasteiger charge is 2.46. The molecule has 0 bridgehead atoms. The molecule has 9 nitrogen and oxygen atoms in total. The van der Waals surface area contributed by atoms with Crippen LogP contribution in [0.4, 0.5) is 0 Å². The zero-order valence-electron chi connectivity index (χ0n) is 18.8. The van der Waals surface area contributed by atoms with Crippen molar-refractivity contribution in [2.75, 3.05) is 19.4 Å². The monoisotopic (exact) mass is 449 g/mol. The maximum absolute atomic E-state index is 13.4. The summed E-state index contributed by atoms with van der Waals surface area (Å²) in [5.41, 5.74) is -1.70. The van der Waals surface area contributed by atoms with Crippen LogP contribution in [0.1, 0.15) is 60.8 Å². The number of esters is 2. The highest BCUT2D eigenvalue weighted by molar-refractivity contribution is 7.54. The molecule has 0 saturated carbocycles. The zero-order chi connectivity index (χ0) is 23.2. The highest BCUT2D eigenvalue weighted by Crippen LogP contribution is 2.53. The highest BCUT2D eigenvalue weighted by atomic mass is 31.2. The van der Waals surface area contributed by atoms with Crippen LogP contribution in [-0.4, -0.2) is 55.5 Å². The molecule has 0 aromatic carbocycles. The van der Waals surface area contributed by atoms with E-state index < -0.39 is 37.5 Å². The molecule has 0 aliphatic carbocycles. The summed E-state index contributed by atoms with van der Waals surface area (Å²) in [6, 6.07) is 0. The molecular weight excluding hydrogens is 413 g/mol. The average Bonchev–Trinajstić information content (AvgIpc) is 2.59. The summed E-state index contributed by atoms with van der Waals surface area (Å²) >= 11 is 0. The van der Waals surface area contributed by atoms with E-state index in [2.05, 4.69) is 5.32 Å². The van der Waals surface area contributed by atoms with Gasteiger partial charge in [0, 0.05) is 6.92 Å². The number of nitrogens with one attached hydrogen (secondary N) is 1. The maximum atomic E-state index is 13.4. The summed E-state index contributed by atoms with van der Waals surface area (Å²) in [6.45, 7) is 10.2. The number of carbonyl (C=O) groups is 3. The molecule has 1 amide bonds. The van der Waals surface area contributed by atoms with E-state index >= 15 is 0 Å². The second-order valence-electron chi connectivity index (χ2n) is 7.27. The first kappa shape index (κ1) is 28.3. The van der Waals surface area contributed by atoms with Crippen molar-refractivity contribution in [3.8, 4) is 0 Å². The number of carbonyl (C=O) groups excluding carboxylic acids is 3. The first-order valence-corrected chi connectivity index (χ1v) is 11.9. The topological polar surface area (TPSA) is 117 Å². The van der Waals surface area contributed by atoms with Crippen LogP contribution in [0.3, 0.4) is 0 Å². The van der Waals surface area contributed by atoms with Gasteiger partial charge in [0.05, 0.1) is 31.6 Å². The largest absolute Gasteiger partial charge is 0.466 e. The molecule has 0 aromatic rings. The third-order valence-electron chi connectivity index (χ3n) is 3.61. The Morgan fingerprint density at radius 2 is 1.67 bits per heavy atom. The standard InChI is InChI=1S/C20H36NO8P/c1-7-26-19(24)20(21-15-22,12-10-8-9-11-13-27-18(6)23)14-30(25,28-16(2)3)29-17(4)5/h10,12,15-17H,7-9,11,13-14H2,1-6H3,(H,21,22). The zero-order valence-corrected chi connectivity index (χ0v) is 19.7. The molecule has 174 valence electrons. The lowest BCUT2D eigenvalue weighted by molar-refractivity contribution is -0.149. The summed E-state index contributed by atoms with van der Waals surface area (Å²) in [5, 5.41) is 2.46. The molecule has 1 atom stereocenters. The molecule has 1 unspecified atom stereocenters. The molecule has 0 saturated heterocycles. The fourth-order valence-corrected chi connectivity index (χ4v) is 5.04. The molecule has 0 radical (unpaired) electrons. The first-order valence-electron chi connectivity index (χ1n) is 10.2. The van der Waals surface area contributed by atoms with Crippen LogP contribution in [0, 0.1) is 0 Å². The molecule has 0 aliphatic rings. The first-order chi connectivity index (χ1) is 14.0.